The van der Waals surface area contributed by atoms with Gasteiger partial charge in [0.2, 0.25) is 15.9 Å². The van der Waals surface area contributed by atoms with E-state index >= 15 is 0 Å². The van der Waals surface area contributed by atoms with E-state index in [9.17, 15) is 13.2 Å². The second kappa shape index (κ2) is 11.3. The molecule has 0 aliphatic rings. The van der Waals surface area contributed by atoms with Crippen LogP contribution in [-0.2, 0) is 27.0 Å². The predicted octanol–water partition coefficient (Wildman–Crippen LogP) is 3.76. The first-order valence-electron chi connectivity index (χ1n) is 9.77. The predicted molar refractivity (Wildman–Crippen MR) is 123 cm³/mol. The van der Waals surface area contributed by atoms with Crippen molar-refractivity contribution in [1.29, 1.82) is 0 Å². The van der Waals surface area contributed by atoms with Crippen molar-refractivity contribution in [1.82, 2.24) is 5.32 Å². The molecule has 5 nitrogen and oxygen atoms in total. The fourth-order valence-electron chi connectivity index (χ4n) is 2.98. The Morgan fingerprint density at radius 3 is 2.38 bits per heavy atom. The van der Waals surface area contributed by atoms with E-state index < -0.39 is 10.0 Å². The van der Waals surface area contributed by atoms with E-state index in [2.05, 4.69) is 24.4 Å². The second-order valence-electron chi connectivity index (χ2n) is 6.93. The highest BCUT2D eigenvalue weighted by Gasteiger charge is 2.22. The van der Waals surface area contributed by atoms with Crippen LogP contribution in [0.3, 0.4) is 0 Å². The van der Waals surface area contributed by atoms with Crippen LogP contribution >= 0.6 is 11.8 Å². The summed E-state index contributed by atoms with van der Waals surface area (Å²) in [5.74, 6) is 1.60. The summed E-state index contributed by atoms with van der Waals surface area (Å²) in [6.45, 7) is 4.41. The molecule has 0 bridgehead atoms. The zero-order valence-electron chi connectivity index (χ0n) is 17.3. The number of nitrogens with one attached hydrogen (secondary N) is 1. The maximum absolute atomic E-state index is 12.3. The molecule has 0 unspecified atom stereocenters. The molecule has 0 aliphatic heterocycles. The number of anilines is 1. The average molecular weight is 435 g/mol. The third-order valence-electron chi connectivity index (χ3n) is 4.64. The summed E-state index contributed by atoms with van der Waals surface area (Å²) in [4.78, 5) is 12.3. The van der Waals surface area contributed by atoms with Crippen LogP contribution in [-0.4, -0.2) is 39.4 Å². The van der Waals surface area contributed by atoms with Gasteiger partial charge >= 0.3 is 0 Å². The molecule has 0 radical (unpaired) electrons. The smallest absolute Gasteiger partial charge is 0.240 e. The zero-order valence-corrected chi connectivity index (χ0v) is 19.0. The first-order chi connectivity index (χ1) is 13.8. The Bertz CT molecular complexity index is 914. The Labute approximate surface area is 178 Å². The lowest BCUT2D eigenvalue weighted by Crippen LogP contribution is -2.41. The molecular weight excluding hydrogens is 404 g/mol. The molecule has 7 heteroatoms. The van der Waals surface area contributed by atoms with Gasteiger partial charge in [-0.2, -0.15) is 11.8 Å². The topological polar surface area (TPSA) is 66.5 Å². The first kappa shape index (κ1) is 23.3. The number of sulfonamides is 1. The van der Waals surface area contributed by atoms with Gasteiger partial charge in [0.15, 0.2) is 0 Å². The van der Waals surface area contributed by atoms with Gasteiger partial charge in [0, 0.05) is 12.3 Å². The molecule has 0 spiro atoms. The maximum atomic E-state index is 12.3. The van der Waals surface area contributed by atoms with Gasteiger partial charge in [-0.05, 0) is 48.3 Å². The van der Waals surface area contributed by atoms with Gasteiger partial charge in [-0.3, -0.25) is 9.10 Å². The van der Waals surface area contributed by atoms with Gasteiger partial charge in [0.25, 0.3) is 0 Å². The number of para-hydroxylation sites is 1. The summed E-state index contributed by atoms with van der Waals surface area (Å²) >= 11 is 1.83. The number of hydrogen-bond donors (Lipinski definition) is 1. The number of amides is 1. The lowest BCUT2D eigenvalue weighted by Gasteiger charge is -2.24. The van der Waals surface area contributed by atoms with E-state index in [-0.39, 0.29) is 12.5 Å². The van der Waals surface area contributed by atoms with Crippen LogP contribution in [0.5, 0.6) is 0 Å². The third-order valence-corrected chi connectivity index (χ3v) is 6.85. The van der Waals surface area contributed by atoms with Crippen molar-refractivity contribution >= 4 is 33.4 Å². The molecule has 2 aromatic rings. The number of benzene rings is 2. The molecule has 2 aromatic carbocycles. The van der Waals surface area contributed by atoms with E-state index in [0.717, 1.165) is 29.7 Å². The fourth-order valence-corrected chi connectivity index (χ4v) is 4.90. The van der Waals surface area contributed by atoms with Gasteiger partial charge in [-0.25, -0.2) is 8.42 Å². The number of thioether (sulfide) groups is 1. The summed E-state index contributed by atoms with van der Waals surface area (Å²) in [5.41, 5.74) is 4.10. The van der Waals surface area contributed by atoms with Crippen LogP contribution in [0.25, 0.3) is 0 Å². The highest BCUT2D eigenvalue weighted by atomic mass is 32.2. The van der Waals surface area contributed by atoms with E-state index in [1.807, 2.05) is 43.0 Å². The van der Waals surface area contributed by atoms with Crippen LogP contribution in [0.4, 0.5) is 5.69 Å². The molecule has 1 N–H and O–H groups in total. The lowest BCUT2D eigenvalue weighted by molar-refractivity contribution is -0.119. The van der Waals surface area contributed by atoms with Crippen molar-refractivity contribution in [2.75, 3.05) is 29.4 Å². The Morgan fingerprint density at radius 2 is 1.72 bits per heavy atom. The summed E-state index contributed by atoms with van der Waals surface area (Å²) in [6, 6.07) is 15.6. The van der Waals surface area contributed by atoms with Crippen molar-refractivity contribution in [3.05, 3.63) is 65.2 Å². The molecular formula is C22H30N2O3S2. The Balaban J connectivity index is 1.81. The summed E-state index contributed by atoms with van der Waals surface area (Å²) in [5, 5.41) is 2.84. The molecule has 29 heavy (non-hydrogen) atoms. The Hall–Kier alpha value is -1.99. The molecule has 0 heterocycles. The lowest BCUT2D eigenvalue weighted by atomic mass is 10.1. The van der Waals surface area contributed by atoms with Crippen molar-refractivity contribution < 1.29 is 13.2 Å². The number of carbonyl (C=O) groups excluding carboxylic acids is 1. The van der Waals surface area contributed by atoms with Gasteiger partial charge in [-0.15, -0.1) is 0 Å². The van der Waals surface area contributed by atoms with Crippen molar-refractivity contribution in [3.63, 3.8) is 0 Å². The number of rotatable bonds is 11. The number of nitrogens with zero attached hydrogens (tertiary/aromatic N) is 1. The van der Waals surface area contributed by atoms with Gasteiger partial charge < -0.3 is 5.32 Å². The Kier molecular flexibility index (Phi) is 9.04. The molecule has 0 saturated carbocycles. The third kappa shape index (κ3) is 7.40. The van der Waals surface area contributed by atoms with Gasteiger partial charge in [-0.1, -0.05) is 49.4 Å². The van der Waals surface area contributed by atoms with Crippen LogP contribution in [0.1, 0.15) is 30.0 Å². The van der Waals surface area contributed by atoms with Crippen LogP contribution in [0.15, 0.2) is 48.5 Å². The largest absolute Gasteiger partial charge is 0.354 e. The normalized spacial score (nSPS) is 11.3. The van der Waals surface area contributed by atoms with Crippen LogP contribution in [0.2, 0.25) is 0 Å². The fraction of sp³-hybridized carbons (Fsp3) is 0.409. The molecule has 0 atom stereocenters. The highest BCUT2D eigenvalue weighted by molar-refractivity contribution is 7.98. The average Bonchev–Trinajstić information content (AvgIpc) is 2.69. The minimum atomic E-state index is -3.55. The molecule has 1 amide bonds. The van der Waals surface area contributed by atoms with Gasteiger partial charge in [0.05, 0.1) is 11.9 Å². The Morgan fingerprint density at radius 1 is 1.07 bits per heavy atom. The van der Waals surface area contributed by atoms with E-state index in [1.165, 1.54) is 15.4 Å². The molecule has 2 rings (SSSR count). The molecule has 0 fully saturated rings. The quantitative estimate of drug-likeness (QED) is 0.547. The van der Waals surface area contributed by atoms with Crippen molar-refractivity contribution in [3.8, 4) is 0 Å². The minimum absolute atomic E-state index is 0.202. The SMILES string of the molecule is CCc1ccccc1N(CC(=O)NCCCSCc1ccccc1C)S(C)(=O)=O. The molecule has 0 aromatic heterocycles. The van der Waals surface area contributed by atoms with E-state index in [1.54, 1.807) is 12.1 Å². The van der Waals surface area contributed by atoms with E-state index in [4.69, 9.17) is 0 Å². The maximum Gasteiger partial charge on any atom is 0.240 e. The number of hydrogen-bond acceptors (Lipinski definition) is 4. The van der Waals surface area contributed by atoms with E-state index in [0.29, 0.717) is 18.7 Å². The monoisotopic (exact) mass is 434 g/mol. The summed E-state index contributed by atoms with van der Waals surface area (Å²) in [6.07, 6.45) is 2.67. The molecule has 158 valence electrons. The highest BCUT2D eigenvalue weighted by Crippen LogP contribution is 2.23. The molecule has 0 aliphatic carbocycles. The summed E-state index contributed by atoms with van der Waals surface area (Å²) < 4.78 is 25.7. The molecule has 0 saturated heterocycles. The standard InChI is InChI=1S/C22H30N2O3S2/c1-4-19-11-7-8-13-21(19)24(29(3,26)27)16-22(25)23-14-9-15-28-17-20-12-6-5-10-18(20)2/h5-8,10-13H,4,9,14-17H2,1-3H3,(H,23,25). The van der Waals surface area contributed by atoms with Crippen molar-refractivity contribution in [2.45, 2.75) is 32.4 Å². The number of aryl methyl sites for hydroxylation is 2. The van der Waals surface area contributed by atoms with Crippen LogP contribution in [0, 0.1) is 6.92 Å². The van der Waals surface area contributed by atoms with Crippen LogP contribution < -0.4 is 9.62 Å². The second-order valence-corrected chi connectivity index (χ2v) is 9.95. The van der Waals surface area contributed by atoms with Crippen molar-refractivity contribution in [2.24, 2.45) is 0 Å². The van der Waals surface area contributed by atoms with Gasteiger partial charge in [0.1, 0.15) is 6.54 Å². The zero-order chi connectivity index (χ0) is 21.3. The number of carbonyl (C=O) groups is 1. The summed E-state index contributed by atoms with van der Waals surface area (Å²) in [7, 11) is -3.55. The first-order valence-corrected chi connectivity index (χ1v) is 12.8. The minimum Gasteiger partial charge on any atom is -0.354 e.